The van der Waals surface area contributed by atoms with E-state index in [9.17, 15) is 5.11 Å². The molecule has 3 unspecified atom stereocenters. The first-order valence-electron chi connectivity index (χ1n) is 10.8. The summed E-state index contributed by atoms with van der Waals surface area (Å²) in [4.78, 5) is 4.71. The Bertz CT molecular complexity index is 670. The molecule has 1 spiro atoms. The van der Waals surface area contributed by atoms with Gasteiger partial charge >= 0.3 is 0 Å². The van der Waals surface area contributed by atoms with Crippen LogP contribution in [0.4, 0.5) is 0 Å². The third-order valence-electron chi connectivity index (χ3n) is 6.46. The van der Waals surface area contributed by atoms with Crippen LogP contribution in [0.15, 0.2) is 17.4 Å². The van der Waals surface area contributed by atoms with Crippen LogP contribution < -0.4 is 10.6 Å². The fraction of sp³-hybridized carbons (Fsp3) is 0.810. The molecule has 2 saturated carbocycles. The number of hydrogen-bond donors (Lipinski definition) is 3. The molecule has 166 valence electrons. The Balaban J connectivity index is 0.00000300. The second-order valence-corrected chi connectivity index (χ2v) is 8.54. The fourth-order valence-corrected chi connectivity index (χ4v) is 4.77. The number of guanidine groups is 1. The summed E-state index contributed by atoms with van der Waals surface area (Å²) in [6.07, 6.45) is 11.3. The van der Waals surface area contributed by atoms with Gasteiger partial charge in [-0.2, -0.15) is 5.10 Å². The quantitative estimate of drug-likeness (QED) is 0.293. The molecule has 3 rings (SSSR count). The second-order valence-electron chi connectivity index (χ2n) is 8.54. The van der Waals surface area contributed by atoms with Crippen LogP contribution in [-0.2, 0) is 17.4 Å². The molecule has 0 radical (unpaired) electrons. The van der Waals surface area contributed by atoms with Crippen molar-refractivity contribution in [1.29, 1.82) is 0 Å². The molecule has 0 amide bonds. The normalized spacial score (nSPS) is 25.6. The highest BCUT2D eigenvalue weighted by atomic mass is 127. The van der Waals surface area contributed by atoms with Crippen molar-refractivity contribution in [2.45, 2.75) is 77.0 Å². The van der Waals surface area contributed by atoms with Crippen molar-refractivity contribution in [2.24, 2.45) is 17.5 Å². The Morgan fingerprint density at radius 2 is 2.10 bits per heavy atom. The van der Waals surface area contributed by atoms with Gasteiger partial charge in [0.15, 0.2) is 5.96 Å². The van der Waals surface area contributed by atoms with E-state index >= 15 is 0 Å². The zero-order chi connectivity index (χ0) is 20.2. The van der Waals surface area contributed by atoms with Gasteiger partial charge in [0, 0.05) is 43.4 Å². The lowest BCUT2D eigenvalue weighted by molar-refractivity contribution is -0.145. The molecule has 1 aromatic rings. The van der Waals surface area contributed by atoms with Crippen molar-refractivity contribution < 1.29 is 9.84 Å². The van der Waals surface area contributed by atoms with Gasteiger partial charge in [-0.1, -0.05) is 19.3 Å². The third-order valence-corrected chi connectivity index (χ3v) is 6.46. The van der Waals surface area contributed by atoms with Crippen LogP contribution in [0.25, 0.3) is 0 Å². The summed E-state index contributed by atoms with van der Waals surface area (Å²) in [5.41, 5.74) is -0.0402. The fourth-order valence-electron chi connectivity index (χ4n) is 4.77. The van der Waals surface area contributed by atoms with Crippen LogP contribution in [0.2, 0.25) is 0 Å². The van der Waals surface area contributed by atoms with E-state index in [2.05, 4.69) is 29.6 Å². The smallest absolute Gasteiger partial charge is 0.191 e. The van der Waals surface area contributed by atoms with Crippen LogP contribution in [0.3, 0.4) is 0 Å². The van der Waals surface area contributed by atoms with Gasteiger partial charge in [0.2, 0.25) is 0 Å². The summed E-state index contributed by atoms with van der Waals surface area (Å²) in [6.45, 7) is 7.79. The Kier molecular flexibility index (Phi) is 8.78. The monoisotopic (exact) mass is 519 g/mol. The van der Waals surface area contributed by atoms with Crippen molar-refractivity contribution in [3.63, 3.8) is 0 Å². The maximum atomic E-state index is 10.8. The minimum Gasteiger partial charge on any atom is -0.383 e. The van der Waals surface area contributed by atoms with Gasteiger partial charge < -0.3 is 20.5 Å². The number of nitrogens with one attached hydrogen (secondary N) is 2. The summed E-state index contributed by atoms with van der Waals surface area (Å²) in [5.74, 6) is 0.775. The maximum Gasteiger partial charge on any atom is 0.191 e. The lowest BCUT2D eigenvalue weighted by Gasteiger charge is -2.58. The second kappa shape index (κ2) is 10.4. The molecule has 0 aromatic carbocycles. The van der Waals surface area contributed by atoms with Gasteiger partial charge in [-0.3, -0.25) is 4.68 Å². The minimum atomic E-state index is -1.05. The first kappa shape index (κ1) is 24.4. The van der Waals surface area contributed by atoms with Gasteiger partial charge in [-0.15, -0.1) is 24.0 Å². The molecule has 3 N–H and O–H groups in total. The zero-order valence-corrected chi connectivity index (χ0v) is 20.6. The molecule has 3 atom stereocenters. The molecule has 2 fully saturated rings. The predicted molar refractivity (Wildman–Crippen MR) is 127 cm³/mol. The molecular formula is C21H38IN5O2. The molecule has 29 heavy (non-hydrogen) atoms. The number of aromatic nitrogens is 2. The lowest BCUT2D eigenvalue weighted by atomic mass is 9.55. The minimum absolute atomic E-state index is 0. The summed E-state index contributed by atoms with van der Waals surface area (Å²) in [7, 11) is 1.85. The van der Waals surface area contributed by atoms with Crippen molar-refractivity contribution in [3.8, 4) is 0 Å². The van der Waals surface area contributed by atoms with Gasteiger partial charge in [0.1, 0.15) is 5.60 Å². The number of ether oxygens (including phenoxy) is 1. The van der Waals surface area contributed by atoms with E-state index in [0.29, 0.717) is 12.1 Å². The largest absolute Gasteiger partial charge is 0.383 e. The molecule has 7 nitrogen and oxygen atoms in total. The van der Waals surface area contributed by atoms with Crippen molar-refractivity contribution in [1.82, 2.24) is 20.4 Å². The lowest BCUT2D eigenvalue weighted by Crippen LogP contribution is -2.66. The van der Waals surface area contributed by atoms with E-state index in [1.165, 1.54) is 32.1 Å². The van der Waals surface area contributed by atoms with Crippen LogP contribution >= 0.6 is 24.0 Å². The van der Waals surface area contributed by atoms with Gasteiger partial charge in [0.05, 0.1) is 18.8 Å². The number of rotatable bonds is 7. The van der Waals surface area contributed by atoms with Crippen LogP contribution in [0, 0.1) is 5.41 Å². The van der Waals surface area contributed by atoms with E-state index in [1.807, 2.05) is 13.2 Å². The Morgan fingerprint density at radius 3 is 2.69 bits per heavy atom. The summed E-state index contributed by atoms with van der Waals surface area (Å²) in [5, 5.41) is 22.0. The van der Waals surface area contributed by atoms with E-state index in [1.54, 1.807) is 17.8 Å². The average molecular weight is 519 g/mol. The van der Waals surface area contributed by atoms with Gasteiger partial charge in [-0.25, -0.2) is 4.99 Å². The highest BCUT2D eigenvalue weighted by molar-refractivity contribution is 14.0. The van der Waals surface area contributed by atoms with E-state index < -0.39 is 5.60 Å². The van der Waals surface area contributed by atoms with E-state index in [-0.39, 0.29) is 35.9 Å². The first-order valence-corrected chi connectivity index (χ1v) is 10.8. The van der Waals surface area contributed by atoms with Crippen LogP contribution in [0.5, 0.6) is 0 Å². The first-order chi connectivity index (χ1) is 13.4. The highest BCUT2D eigenvalue weighted by Gasteiger charge is 2.55. The molecule has 1 heterocycles. The topological polar surface area (TPSA) is 83.7 Å². The highest BCUT2D eigenvalue weighted by Crippen LogP contribution is 2.53. The van der Waals surface area contributed by atoms with E-state index in [4.69, 9.17) is 9.73 Å². The summed E-state index contributed by atoms with van der Waals surface area (Å²) in [6, 6.07) is 0.380. The molecule has 8 heteroatoms. The SMILES string of the molecule is CCNC(=NCC(C)(O)c1cnn(C)c1)NC1CC(OCC)C12CCCCC2.I. The number of aliphatic hydroxyl groups is 1. The molecule has 0 bridgehead atoms. The summed E-state index contributed by atoms with van der Waals surface area (Å²) >= 11 is 0. The average Bonchev–Trinajstić information content (AvgIpc) is 3.13. The predicted octanol–water partition coefficient (Wildman–Crippen LogP) is 2.93. The number of nitrogens with zero attached hydrogens (tertiary/aromatic N) is 3. The Labute approximate surface area is 192 Å². The molecule has 0 saturated heterocycles. The van der Waals surface area contributed by atoms with Crippen molar-refractivity contribution in [2.75, 3.05) is 19.7 Å². The van der Waals surface area contributed by atoms with Crippen molar-refractivity contribution in [3.05, 3.63) is 18.0 Å². The third kappa shape index (κ3) is 5.44. The summed E-state index contributed by atoms with van der Waals surface area (Å²) < 4.78 is 7.77. The van der Waals surface area contributed by atoms with Crippen LogP contribution in [0.1, 0.15) is 64.9 Å². The van der Waals surface area contributed by atoms with Gasteiger partial charge in [-0.05, 0) is 40.0 Å². The molecular weight excluding hydrogens is 481 g/mol. The zero-order valence-electron chi connectivity index (χ0n) is 18.3. The molecule has 1 aromatic heterocycles. The standard InChI is InChI=1S/C21H37N5O2.HI/c1-5-22-19(23-15-20(3,27)16-13-24-26(4)14-16)25-17-12-18(28-6-2)21(17)10-8-7-9-11-21;/h13-14,17-18,27H,5-12,15H2,1-4H3,(H2,22,23,25);1H. The number of halogens is 1. The number of aryl methyl sites for hydroxylation is 1. The molecule has 0 aliphatic heterocycles. The number of aliphatic imine (C=N–C) groups is 1. The Morgan fingerprint density at radius 1 is 1.38 bits per heavy atom. The van der Waals surface area contributed by atoms with Gasteiger partial charge in [0.25, 0.3) is 0 Å². The Hall–Kier alpha value is -0.870. The van der Waals surface area contributed by atoms with E-state index in [0.717, 1.165) is 31.1 Å². The molecule has 2 aliphatic carbocycles. The van der Waals surface area contributed by atoms with Crippen molar-refractivity contribution >= 4 is 29.9 Å². The number of hydrogen-bond acceptors (Lipinski definition) is 4. The van der Waals surface area contributed by atoms with Crippen LogP contribution in [-0.4, -0.2) is 52.7 Å². The maximum absolute atomic E-state index is 10.8. The molecule has 2 aliphatic rings.